The molecule has 1 saturated heterocycles. The van der Waals surface area contributed by atoms with E-state index in [1.165, 1.54) is 32.1 Å². The van der Waals surface area contributed by atoms with Gasteiger partial charge >= 0.3 is 0 Å². The normalized spacial score (nSPS) is 39.1. The van der Waals surface area contributed by atoms with E-state index in [0.717, 1.165) is 18.1 Å². The van der Waals surface area contributed by atoms with Gasteiger partial charge in [-0.3, -0.25) is 10.1 Å². The van der Waals surface area contributed by atoms with Gasteiger partial charge in [-0.05, 0) is 45.3 Å². The molecule has 0 aromatic heterocycles. The standard InChI is InChI=1S/C14H24N2OS/c1-10-15-14(7-3-4-8-14)13(17)16(10)11-5-6-12(9-11)18-2/h10-12,15H,3-9H2,1-2H3. The van der Waals surface area contributed by atoms with Gasteiger partial charge < -0.3 is 4.90 Å². The van der Waals surface area contributed by atoms with Crippen molar-refractivity contribution in [1.29, 1.82) is 0 Å². The van der Waals surface area contributed by atoms with E-state index >= 15 is 0 Å². The van der Waals surface area contributed by atoms with Crippen LogP contribution in [-0.4, -0.2) is 40.1 Å². The lowest BCUT2D eigenvalue weighted by Gasteiger charge is -2.28. The topological polar surface area (TPSA) is 32.3 Å². The Labute approximate surface area is 114 Å². The fourth-order valence-corrected chi connectivity index (χ4v) is 4.94. The summed E-state index contributed by atoms with van der Waals surface area (Å²) in [5.41, 5.74) is -0.184. The van der Waals surface area contributed by atoms with Gasteiger partial charge in [0.15, 0.2) is 0 Å². The Hall–Kier alpha value is -0.220. The van der Waals surface area contributed by atoms with Gasteiger partial charge in [0.2, 0.25) is 5.91 Å². The average Bonchev–Trinajstić information content (AvgIpc) is 3.02. The molecule has 4 heteroatoms. The molecule has 3 aliphatic rings. The molecule has 102 valence electrons. The number of thioether (sulfide) groups is 1. The zero-order valence-electron chi connectivity index (χ0n) is 11.4. The fourth-order valence-electron chi connectivity index (χ4n) is 4.16. The summed E-state index contributed by atoms with van der Waals surface area (Å²) in [4.78, 5) is 15.0. The van der Waals surface area contributed by atoms with E-state index in [1.807, 2.05) is 11.8 Å². The second-order valence-electron chi connectivity index (χ2n) is 6.15. The molecule has 18 heavy (non-hydrogen) atoms. The van der Waals surface area contributed by atoms with Crippen LogP contribution in [0.5, 0.6) is 0 Å². The van der Waals surface area contributed by atoms with Crippen LogP contribution in [0.3, 0.4) is 0 Å². The molecular weight excluding hydrogens is 244 g/mol. The van der Waals surface area contributed by atoms with Crippen LogP contribution in [-0.2, 0) is 4.79 Å². The third-order valence-corrected chi connectivity index (χ3v) is 6.18. The predicted molar refractivity (Wildman–Crippen MR) is 75.6 cm³/mol. The van der Waals surface area contributed by atoms with Gasteiger partial charge in [-0.25, -0.2) is 0 Å². The summed E-state index contributed by atoms with van der Waals surface area (Å²) in [6, 6.07) is 0.484. The minimum atomic E-state index is -0.184. The van der Waals surface area contributed by atoms with E-state index in [4.69, 9.17) is 0 Å². The van der Waals surface area contributed by atoms with Gasteiger partial charge in [-0.2, -0.15) is 11.8 Å². The first-order chi connectivity index (χ1) is 8.66. The van der Waals surface area contributed by atoms with Gasteiger partial charge in [0.1, 0.15) is 0 Å². The maximum Gasteiger partial charge on any atom is 0.244 e. The van der Waals surface area contributed by atoms with E-state index in [9.17, 15) is 4.79 Å². The van der Waals surface area contributed by atoms with Crippen LogP contribution in [0.4, 0.5) is 0 Å². The van der Waals surface area contributed by atoms with Crippen molar-refractivity contribution in [3.8, 4) is 0 Å². The maximum atomic E-state index is 12.8. The van der Waals surface area contributed by atoms with Crippen molar-refractivity contribution < 1.29 is 4.79 Å². The Morgan fingerprint density at radius 3 is 2.67 bits per heavy atom. The molecule has 0 aromatic carbocycles. The monoisotopic (exact) mass is 268 g/mol. The molecule has 3 atom stereocenters. The largest absolute Gasteiger partial charge is 0.323 e. The summed E-state index contributed by atoms with van der Waals surface area (Å²) in [6.07, 6.45) is 10.6. The van der Waals surface area contributed by atoms with Crippen molar-refractivity contribution in [3.63, 3.8) is 0 Å². The molecule has 1 N–H and O–H groups in total. The van der Waals surface area contributed by atoms with Crippen molar-refractivity contribution in [1.82, 2.24) is 10.2 Å². The molecule has 3 rings (SSSR count). The molecule has 0 aromatic rings. The number of carbonyl (C=O) groups is 1. The highest BCUT2D eigenvalue weighted by molar-refractivity contribution is 7.99. The van der Waals surface area contributed by atoms with Crippen molar-refractivity contribution >= 4 is 17.7 Å². The van der Waals surface area contributed by atoms with E-state index in [-0.39, 0.29) is 11.7 Å². The quantitative estimate of drug-likeness (QED) is 0.834. The third kappa shape index (κ3) is 1.88. The zero-order valence-corrected chi connectivity index (χ0v) is 12.3. The summed E-state index contributed by atoms with van der Waals surface area (Å²) >= 11 is 1.96. The lowest BCUT2D eigenvalue weighted by molar-refractivity contribution is -0.135. The number of carbonyl (C=O) groups excluding carboxylic acids is 1. The lowest BCUT2D eigenvalue weighted by Crippen LogP contribution is -2.45. The Bertz CT molecular complexity index is 341. The molecular formula is C14H24N2OS. The summed E-state index contributed by atoms with van der Waals surface area (Å²) in [7, 11) is 0. The molecule has 3 fully saturated rings. The van der Waals surface area contributed by atoms with Gasteiger partial charge in [-0.15, -0.1) is 0 Å². The van der Waals surface area contributed by atoms with Crippen LogP contribution >= 0.6 is 11.8 Å². The molecule has 3 nitrogen and oxygen atoms in total. The van der Waals surface area contributed by atoms with Crippen molar-refractivity contribution in [2.75, 3.05) is 6.26 Å². The Balaban J connectivity index is 1.75. The molecule has 1 spiro atoms. The first-order valence-corrected chi connectivity index (χ1v) is 8.58. The van der Waals surface area contributed by atoms with Crippen LogP contribution in [0, 0.1) is 0 Å². The SMILES string of the molecule is CSC1CCC(N2C(=O)C3(CCCC3)NC2C)C1. The van der Waals surface area contributed by atoms with Crippen LogP contribution in [0.25, 0.3) is 0 Å². The van der Waals surface area contributed by atoms with Crippen LogP contribution in [0.15, 0.2) is 0 Å². The first-order valence-electron chi connectivity index (χ1n) is 7.29. The highest BCUT2D eigenvalue weighted by Gasteiger charge is 2.53. The van der Waals surface area contributed by atoms with Crippen molar-refractivity contribution in [3.05, 3.63) is 0 Å². The fraction of sp³-hybridized carbons (Fsp3) is 0.929. The third-order valence-electron chi connectivity index (χ3n) is 5.09. The van der Waals surface area contributed by atoms with E-state index < -0.39 is 0 Å². The number of nitrogens with zero attached hydrogens (tertiary/aromatic N) is 1. The van der Waals surface area contributed by atoms with Crippen molar-refractivity contribution in [2.45, 2.75) is 74.9 Å². The molecule has 0 bridgehead atoms. The number of amides is 1. The number of rotatable bonds is 2. The second kappa shape index (κ2) is 4.71. The highest BCUT2D eigenvalue weighted by atomic mass is 32.2. The summed E-state index contributed by atoms with van der Waals surface area (Å²) in [6.45, 7) is 2.16. The maximum absolute atomic E-state index is 12.8. The zero-order chi connectivity index (χ0) is 12.8. The lowest BCUT2D eigenvalue weighted by atomic mass is 9.97. The Kier molecular flexibility index (Phi) is 3.35. The summed E-state index contributed by atoms with van der Waals surface area (Å²) in [5, 5.41) is 4.37. The van der Waals surface area contributed by atoms with Crippen LogP contribution in [0.1, 0.15) is 51.9 Å². The average molecular weight is 268 g/mol. The van der Waals surface area contributed by atoms with Crippen molar-refractivity contribution in [2.24, 2.45) is 0 Å². The Morgan fingerprint density at radius 2 is 2.06 bits per heavy atom. The van der Waals surface area contributed by atoms with Gasteiger partial charge in [0, 0.05) is 11.3 Å². The van der Waals surface area contributed by atoms with E-state index in [0.29, 0.717) is 11.9 Å². The van der Waals surface area contributed by atoms with Crippen LogP contribution in [0.2, 0.25) is 0 Å². The molecule has 0 radical (unpaired) electrons. The molecule has 1 aliphatic heterocycles. The molecule has 2 saturated carbocycles. The van der Waals surface area contributed by atoms with Gasteiger partial charge in [0.05, 0.1) is 11.7 Å². The highest BCUT2D eigenvalue weighted by Crippen LogP contribution is 2.40. The minimum Gasteiger partial charge on any atom is -0.323 e. The summed E-state index contributed by atoms with van der Waals surface area (Å²) < 4.78 is 0. The molecule has 1 heterocycles. The first kappa shape index (κ1) is 12.8. The van der Waals surface area contributed by atoms with E-state index in [1.54, 1.807) is 0 Å². The molecule has 2 aliphatic carbocycles. The minimum absolute atomic E-state index is 0.184. The van der Waals surface area contributed by atoms with Gasteiger partial charge in [0.25, 0.3) is 0 Å². The number of hydrogen-bond donors (Lipinski definition) is 1. The Morgan fingerprint density at radius 1 is 1.33 bits per heavy atom. The van der Waals surface area contributed by atoms with E-state index in [2.05, 4.69) is 23.4 Å². The van der Waals surface area contributed by atoms with Crippen LogP contribution < -0.4 is 5.32 Å². The number of hydrogen-bond acceptors (Lipinski definition) is 3. The molecule has 1 amide bonds. The summed E-state index contributed by atoms with van der Waals surface area (Å²) in [5.74, 6) is 0.402. The second-order valence-corrected chi connectivity index (χ2v) is 7.28. The molecule has 3 unspecified atom stereocenters. The predicted octanol–water partition coefficient (Wildman–Crippen LogP) is 2.36. The smallest absolute Gasteiger partial charge is 0.244 e. The number of nitrogens with one attached hydrogen (secondary N) is 1. The van der Waals surface area contributed by atoms with Gasteiger partial charge in [-0.1, -0.05) is 12.8 Å².